The minimum absolute atomic E-state index is 0.0704. The van der Waals surface area contributed by atoms with Crippen LogP contribution < -0.4 is 0 Å². The van der Waals surface area contributed by atoms with Crippen LogP contribution in [0, 0.1) is 0 Å². The molecule has 1 heterocycles. The second kappa shape index (κ2) is 5.49. The van der Waals surface area contributed by atoms with Gasteiger partial charge in [0.05, 0.1) is 19.3 Å². The molecule has 1 atom stereocenters. The average Bonchev–Trinajstić information content (AvgIpc) is 2.14. The molecule has 0 bridgehead atoms. The lowest BCUT2D eigenvalue weighted by atomic mass is 10.1. The molecule has 0 N–H and O–H groups in total. The molecule has 0 aliphatic carbocycles. The number of Topliss-reactive ketones (excluding diaryl/α,β-unsaturated/α-hetero) is 1. The third-order valence-corrected chi connectivity index (χ3v) is 2.31. The zero-order valence-electron chi connectivity index (χ0n) is 11.0. The summed E-state index contributed by atoms with van der Waals surface area (Å²) in [6.07, 6.45) is -0.192. The summed E-state index contributed by atoms with van der Waals surface area (Å²) in [5.74, 6) is 0.0704. The van der Waals surface area contributed by atoms with Gasteiger partial charge < -0.3 is 14.4 Å². The van der Waals surface area contributed by atoms with E-state index in [9.17, 15) is 9.59 Å². The zero-order valence-corrected chi connectivity index (χ0v) is 11.0. The van der Waals surface area contributed by atoms with Gasteiger partial charge in [-0.25, -0.2) is 4.79 Å². The Labute approximate surface area is 102 Å². The minimum atomic E-state index is -0.495. The number of nitrogens with zero attached hydrogens (tertiary/aromatic N) is 1. The first kappa shape index (κ1) is 14.0. The third-order valence-electron chi connectivity index (χ3n) is 2.31. The van der Waals surface area contributed by atoms with Crippen molar-refractivity contribution >= 4 is 11.9 Å². The van der Waals surface area contributed by atoms with E-state index in [1.165, 1.54) is 6.92 Å². The summed E-state index contributed by atoms with van der Waals surface area (Å²) in [5, 5.41) is 0. The van der Waals surface area contributed by atoms with Gasteiger partial charge in [-0.2, -0.15) is 0 Å². The van der Waals surface area contributed by atoms with Gasteiger partial charge in [0.1, 0.15) is 11.4 Å². The highest BCUT2D eigenvalue weighted by atomic mass is 16.6. The Morgan fingerprint density at radius 3 is 2.59 bits per heavy atom. The van der Waals surface area contributed by atoms with Crippen LogP contribution in [0.5, 0.6) is 0 Å². The standard InChI is InChI=1S/C12H21NO4/c1-9(14)7-10-8-13(5-6-16-10)11(15)17-12(2,3)4/h10H,5-8H2,1-4H3. The smallest absolute Gasteiger partial charge is 0.410 e. The van der Waals surface area contributed by atoms with Crippen LogP contribution >= 0.6 is 0 Å². The van der Waals surface area contributed by atoms with Crippen molar-refractivity contribution in [2.75, 3.05) is 19.7 Å². The molecule has 98 valence electrons. The van der Waals surface area contributed by atoms with Crippen LogP contribution in [0.25, 0.3) is 0 Å². The summed E-state index contributed by atoms with van der Waals surface area (Å²) in [7, 11) is 0. The maximum Gasteiger partial charge on any atom is 0.410 e. The Balaban J connectivity index is 2.49. The van der Waals surface area contributed by atoms with E-state index in [4.69, 9.17) is 9.47 Å². The van der Waals surface area contributed by atoms with Crippen molar-refractivity contribution < 1.29 is 19.1 Å². The Morgan fingerprint density at radius 2 is 2.06 bits per heavy atom. The van der Waals surface area contributed by atoms with Gasteiger partial charge in [-0.15, -0.1) is 0 Å². The van der Waals surface area contributed by atoms with Crippen LogP contribution in [0.1, 0.15) is 34.1 Å². The molecule has 0 radical (unpaired) electrons. The lowest BCUT2D eigenvalue weighted by molar-refractivity contribution is -0.121. The molecule has 0 spiro atoms. The molecule has 0 aromatic rings. The van der Waals surface area contributed by atoms with Crippen LogP contribution in [0.2, 0.25) is 0 Å². The molecular formula is C12H21NO4. The van der Waals surface area contributed by atoms with E-state index in [1.54, 1.807) is 4.90 Å². The van der Waals surface area contributed by atoms with Crippen LogP contribution in [-0.2, 0) is 14.3 Å². The molecular weight excluding hydrogens is 222 g/mol. The number of ether oxygens (including phenoxy) is 2. The SMILES string of the molecule is CC(=O)CC1CN(C(=O)OC(C)(C)C)CCO1. The van der Waals surface area contributed by atoms with Crippen LogP contribution in [-0.4, -0.2) is 48.2 Å². The van der Waals surface area contributed by atoms with Crippen LogP contribution in [0.4, 0.5) is 4.79 Å². The van der Waals surface area contributed by atoms with E-state index in [1.807, 2.05) is 20.8 Å². The monoisotopic (exact) mass is 243 g/mol. The molecule has 1 rings (SSSR count). The molecule has 1 unspecified atom stereocenters. The molecule has 5 heteroatoms. The van der Waals surface area contributed by atoms with E-state index in [2.05, 4.69) is 0 Å². The quantitative estimate of drug-likeness (QED) is 0.739. The number of hydrogen-bond donors (Lipinski definition) is 0. The Hall–Kier alpha value is -1.10. The van der Waals surface area contributed by atoms with Gasteiger partial charge in [-0.05, 0) is 27.7 Å². The van der Waals surface area contributed by atoms with E-state index >= 15 is 0 Å². The van der Waals surface area contributed by atoms with Gasteiger partial charge in [0.15, 0.2) is 0 Å². The summed E-state index contributed by atoms with van der Waals surface area (Å²) in [6.45, 7) is 8.42. The third kappa shape index (κ3) is 5.17. The molecule has 0 saturated carbocycles. The molecule has 1 saturated heterocycles. The van der Waals surface area contributed by atoms with Crippen molar-refractivity contribution in [2.24, 2.45) is 0 Å². The summed E-state index contributed by atoms with van der Waals surface area (Å²) >= 11 is 0. The number of hydrogen-bond acceptors (Lipinski definition) is 4. The lowest BCUT2D eigenvalue weighted by Crippen LogP contribution is -2.47. The fraction of sp³-hybridized carbons (Fsp3) is 0.833. The predicted molar refractivity (Wildman–Crippen MR) is 62.8 cm³/mol. The van der Waals surface area contributed by atoms with Gasteiger partial charge in [-0.3, -0.25) is 4.79 Å². The molecule has 1 amide bonds. The summed E-state index contributed by atoms with van der Waals surface area (Å²) in [4.78, 5) is 24.4. The van der Waals surface area contributed by atoms with Crippen molar-refractivity contribution in [2.45, 2.75) is 45.8 Å². The van der Waals surface area contributed by atoms with Crippen molar-refractivity contribution in [3.8, 4) is 0 Å². The number of rotatable bonds is 2. The second-order valence-corrected chi connectivity index (χ2v) is 5.33. The number of amides is 1. The number of carbonyl (C=O) groups excluding carboxylic acids is 2. The maximum atomic E-state index is 11.8. The maximum absolute atomic E-state index is 11.8. The normalized spacial score (nSPS) is 21.2. The minimum Gasteiger partial charge on any atom is -0.444 e. The first-order valence-corrected chi connectivity index (χ1v) is 5.87. The first-order chi connectivity index (χ1) is 7.78. The summed E-state index contributed by atoms with van der Waals surface area (Å²) < 4.78 is 10.7. The highest BCUT2D eigenvalue weighted by molar-refractivity contribution is 5.76. The van der Waals surface area contributed by atoms with Gasteiger partial charge in [-0.1, -0.05) is 0 Å². The second-order valence-electron chi connectivity index (χ2n) is 5.33. The predicted octanol–water partition coefficient (Wildman–Crippen LogP) is 1.60. The number of carbonyl (C=O) groups is 2. The van der Waals surface area contributed by atoms with E-state index in [0.29, 0.717) is 26.1 Å². The highest BCUT2D eigenvalue weighted by Gasteiger charge is 2.28. The highest BCUT2D eigenvalue weighted by Crippen LogP contribution is 2.14. The van der Waals surface area contributed by atoms with E-state index < -0.39 is 5.60 Å². The fourth-order valence-corrected chi connectivity index (χ4v) is 1.66. The Morgan fingerprint density at radius 1 is 1.41 bits per heavy atom. The van der Waals surface area contributed by atoms with Crippen molar-refractivity contribution in [3.05, 3.63) is 0 Å². The van der Waals surface area contributed by atoms with Gasteiger partial charge in [0, 0.05) is 13.0 Å². The molecule has 1 fully saturated rings. The average molecular weight is 243 g/mol. The van der Waals surface area contributed by atoms with Crippen LogP contribution in [0.3, 0.4) is 0 Å². The zero-order chi connectivity index (χ0) is 13.1. The topological polar surface area (TPSA) is 55.8 Å². The number of ketones is 1. The molecule has 1 aliphatic rings. The van der Waals surface area contributed by atoms with Crippen molar-refractivity contribution in [1.82, 2.24) is 4.90 Å². The fourth-order valence-electron chi connectivity index (χ4n) is 1.66. The summed E-state index contributed by atoms with van der Waals surface area (Å²) in [5.41, 5.74) is -0.495. The first-order valence-electron chi connectivity index (χ1n) is 5.87. The Kier molecular flexibility index (Phi) is 4.51. The molecule has 0 aromatic carbocycles. The molecule has 0 aromatic heterocycles. The van der Waals surface area contributed by atoms with E-state index in [0.717, 1.165) is 0 Å². The van der Waals surface area contributed by atoms with Crippen LogP contribution in [0.15, 0.2) is 0 Å². The van der Waals surface area contributed by atoms with Gasteiger partial charge >= 0.3 is 6.09 Å². The molecule has 1 aliphatic heterocycles. The van der Waals surface area contributed by atoms with E-state index in [-0.39, 0.29) is 18.0 Å². The molecule has 5 nitrogen and oxygen atoms in total. The van der Waals surface area contributed by atoms with Gasteiger partial charge in [0.25, 0.3) is 0 Å². The lowest BCUT2D eigenvalue weighted by Gasteiger charge is -2.33. The number of morpholine rings is 1. The largest absolute Gasteiger partial charge is 0.444 e. The Bertz CT molecular complexity index is 295. The van der Waals surface area contributed by atoms with Gasteiger partial charge in [0.2, 0.25) is 0 Å². The molecule has 17 heavy (non-hydrogen) atoms. The summed E-state index contributed by atoms with van der Waals surface area (Å²) in [6, 6.07) is 0. The van der Waals surface area contributed by atoms with Crippen molar-refractivity contribution in [1.29, 1.82) is 0 Å². The van der Waals surface area contributed by atoms with Crippen molar-refractivity contribution in [3.63, 3.8) is 0 Å².